The molecule has 6 rings (SSSR count). The molecule has 2 N–H and O–H groups in total. The van der Waals surface area contributed by atoms with Gasteiger partial charge in [0.15, 0.2) is 11.2 Å². The van der Waals surface area contributed by atoms with Crippen LogP contribution in [0.4, 0.5) is 26.2 Å². The lowest BCUT2D eigenvalue weighted by molar-refractivity contribution is 0.388. The molecule has 1 fully saturated rings. The molecule has 0 atom stereocenters. The van der Waals surface area contributed by atoms with Crippen molar-refractivity contribution in [2.75, 3.05) is 42.7 Å². The van der Waals surface area contributed by atoms with Crippen LogP contribution in [-0.2, 0) is 10.0 Å². The number of nitrogens with one attached hydrogen (secondary N) is 2. The largest absolute Gasteiger partial charge is 0.368 e. The summed E-state index contributed by atoms with van der Waals surface area (Å²) >= 11 is 0. The maximum Gasteiger partial charge on any atom is 0.229 e. The SMILES string of the molecule is CS(=O)(=O)N1CCN(c2ccc(Nc3ncc(F)c(-c4cc(F)c5c(=O)cc6[nH]ccn6c5c4)n3)nc2)CC1. The van der Waals surface area contributed by atoms with Gasteiger partial charge in [0.2, 0.25) is 16.0 Å². The number of sulfonamides is 1. The molecule has 0 aliphatic carbocycles. The maximum atomic E-state index is 15.0. The van der Waals surface area contributed by atoms with Crippen LogP contribution >= 0.6 is 0 Å². The van der Waals surface area contributed by atoms with Gasteiger partial charge in [-0.3, -0.25) is 4.79 Å². The minimum atomic E-state index is -3.22. The fraction of sp³-hybridized carbons (Fsp3) is 0.200. The highest BCUT2D eigenvalue weighted by molar-refractivity contribution is 7.88. The second kappa shape index (κ2) is 9.39. The average Bonchev–Trinajstić information content (AvgIpc) is 3.38. The first-order valence-corrected chi connectivity index (χ1v) is 13.8. The summed E-state index contributed by atoms with van der Waals surface area (Å²) in [5.41, 5.74) is 1.08. The highest BCUT2D eigenvalue weighted by Crippen LogP contribution is 2.28. The number of imidazole rings is 1. The second-order valence-corrected chi connectivity index (χ2v) is 11.1. The number of hydrogen-bond donors (Lipinski definition) is 2. The molecule has 0 spiro atoms. The summed E-state index contributed by atoms with van der Waals surface area (Å²) in [6, 6.07) is 7.41. The first kappa shape index (κ1) is 24.9. The van der Waals surface area contributed by atoms with Crippen LogP contribution < -0.4 is 15.6 Å². The molecule has 1 aliphatic heterocycles. The number of aromatic nitrogens is 5. The van der Waals surface area contributed by atoms with Crippen LogP contribution in [0.3, 0.4) is 0 Å². The molecule has 5 heterocycles. The zero-order valence-corrected chi connectivity index (χ0v) is 21.4. The summed E-state index contributed by atoms with van der Waals surface area (Å²) < 4.78 is 56.3. The summed E-state index contributed by atoms with van der Waals surface area (Å²) in [4.78, 5) is 30.0. The molecule has 0 saturated carbocycles. The number of pyridine rings is 2. The number of rotatable bonds is 5. The number of aromatic amines is 1. The molecule has 0 bridgehead atoms. The Morgan fingerprint density at radius 3 is 2.51 bits per heavy atom. The minimum Gasteiger partial charge on any atom is -0.368 e. The third-order valence-corrected chi connectivity index (χ3v) is 7.94. The first-order chi connectivity index (χ1) is 18.7. The summed E-state index contributed by atoms with van der Waals surface area (Å²) in [6.07, 6.45) is 7.07. The topological polar surface area (TPSA) is 129 Å². The van der Waals surface area contributed by atoms with E-state index in [-0.39, 0.29) is 28.1 Å². The van der Waals surface area contributed by atoms with Gasteiger partial charge < -0.3 is 19.6 Å². The molecular formula is C25H22F2N8O3S. The van der Waals surface area contributed by atoms with Crippen LogP contribution in [-0.4, -0.2) is 69.5 Å². The number of nitrogens with zero attached hydrogens (tertiary/aromatic N) is 6. The van der Waals surface area contributed by atoms with Gasteiger partial charge in [-0.15, -0.1) is 0 Å². The van der Waals surface area contributed by atoms with Crippen LogP contribution in [0.2, 0.25) is 0 Å². The summed E-state index contributed by atoms with van der Waals surface area (Å²) in [6.45, 7) is 1.86. The predicted octanol–water partition coefficient (Wildman–Crippen LogP) is 2.74. The van der Waals surface area contributed by atoms with Gasteiger partial charge in [-0.25, -0.2) is 32.2 Å². The molecule has 1 saturated heterocycles. The van der Waals surface area contributed by atoms with Crippen molar-refractivity contribution in [1.29, 1.82) is 0 Å². The number of hydrogen-bond acceptors (Lipinski definition) is 8. The van der Waals surface area contributed by atoms with Crippen molar-refractivity contribution in [1.82, 2.24) is 28.6 Å². The van der Waals surface area contributed by atoms with E-state index in [0.717, 1.165) is 18.0 Å². The lowest BCUT2D eigenvalue weighted by Crippen LogP contribution is -2.48. The van der Waals surface area contributed by atoms with Gasteiger partial charge in [0.05, 0.1) is 35.2 Å². The molecule has 200 valence electrons. The molecule has 5 aromatic rings. The van der Waals surface area contributed by atoms with Crippen LogP contribution in [0.15, 0.2) is 59.9 Å². The Morgan fingerprint density at radius 1 is 1.00 bits per heavy atom. The zero-order chi connectivity index (χ0) is 27.3. The fourth-order valence-corrected chi connectivity index (χ4v) is 5.52. The molecule has 14 heteroatoms. The Balaban J connectivity index is 1.26. The Labute approximate surface area is 220 Å². The highest BCUT2D eigenvalue weighted by Gasteiger charge is 2.23. The van der Waals surface area contributed by atoms with E-state index >= 15 is 4.39 Å². The fourth-order valence-electron chi connectivity index (χ4n) is 4.70. The number of fused-ring (bicyclic) bond motifs is 3. The van der Waals surface area contributed by atoms with E-state index in [4.69, 9.17) is 0 Å². The van der Waals surface area contributed by atoms with E-state index in [1.165, 1.54) is 22.7 Å². The summed E-state index contributed by atoms with van der Waals surface area (Å²) in [5, 5.41) is 2.82. The van der Waals surface area contributed by atoms with Crippen LogP contribution in [0.1, 0.15) is 0 Å². The molecule has 0 radical (unpaired) electrons. The van der Waals surface area contributed by atoms with Gasteiger partial charge in [-0.05, 0) is 24.3 Å². The van der Waals surface area contributed by atoms with E-state index in [0.29, 0.717) is 37.6 Å². The van der Waals surface area contributed by atoms with Crippen LogP contribution in [0.25, 0.3) is 27.8 Å². The van der Waals surface area contributed by atoms with Gasteiger partial charge >= 0.3 is 0 Å². The van der Waals surface area contributed by atoms with E-state index < -0.39 is 27.1 Å². The van der Waals surface area contributed by atoms with Gasteiger partial charge in [0.25, 0.3) is 0 Å². The maximum absolute atomic E-state index is 15.0. The van der Waals surface area contributed by atoms with Crippen molar-refractivity contribution >= 4 is 44.0 Å². The Kier molecular flexibility index (Phi) is 5.99. The molecule has 0 amide bonds. The number of piperazine rings is 1. The van der Waals surface area contributed by atoms with E-state index in [1.54, 1.807) is 29.1 Å². The molecule has 1 aromatic carbocycles. The van der Waals surface area contributed by atoms with Crippen molar-refractivity contribution in [2.24, 2.45) is 0 Å². The third kappa shape index (κ3) is 4.68. The van der Waals surface area contributed by atoms with Gasteiger partial charge in [0, 0.05) is 50.2 Å². The Morgan fingerprint density at radius 2 is 1.79 bits per heavy atom. The molecule has 1 aliphatic rings. The lowest BCUT2D eigenvalue weighted by atomic mass is 10.1. The molecular weight excluding hydrogens is 530 g/mol. The average molecular weight is 553 g/mol. The van der Waals surface area contributed by atoms with E-state index in [9.17, 15) is 17.6 Å². The summed E-state index contributed by atoms with van der Waals surface area (Å²) in [7, 11) is -3.22. The predicted molar refractivity (Wildman–Crippen MR) is 143 cm³/mol. The van der Waals surface area contributed by atoms with Crippen LogP contribution in [0.5, 0.6) is 0 Å². The smallest absolute Gasteiger partial charge is 0.229 e. The second-order valence-electron chi connectivity index (χ2n) is 9.14. The van der Waals surface area contributed by atoms with Crippen LogP contribution in [0, 0.1) is 11.6 Å². The van der Waals surface area contributed by atoms with E-state index in [2.05, 4.69) is 25.3 Å². The van der Waals surface area contributed by atoms with E-state index in [1.807, 2.05) is 11.0 Å². The quantitative estimate of drug-likeness (QED) is 0.341. The number of H-pyrrole nitrogens is 1. The molecule has 11 nitrogen and oxygen atoms in total. The number of halogens is 2. The first-order valence-electron chi connectivity index (χ1n) is 12.0. The third-order valence-electron chi connectivity index (χ3n) is 6.64. The van der Waals surface area contributed by atoms with Gasteiger partial charge in [0.1, 0.15) is 23.0 Å². The number of anilines is 3. The van der Waals surface area contributed by atoms with Crippen molar-refractivity contribution in [2.45, 2.75) is 0 Å². The van der Waals surface area contributed by atoms with Crippen molar-refractivity contribution < 1.29 is 17.2 Å². The molecule has 0 unspecified atom stereocenters. The van der Waals surface area contributed by atoms with Crippen molar-refractivity contribution in [3.8, 4) is 11.3 Å². The summed E-state index contributed by atoms with van der Waals surface area (Å²) in [5.74, 6) is -1.10. The molecule has 4 aromatic heterocycles. The van der Waals surface area contributed by atoms with Crippen molar-refractivity contribution in [3.63, 3.8) is 0 Å². The molecule has 39 heavy (non-hydrogen) atoms. The minimum absolute atomic E-state index is 0.0472. The number of benzene rings is 1. The van der Waals surface area contributed by atoms with Gasteiger partial charge in [-0.2, -0.15) is 4.31 Å². The van der Waals surface area contributed by atoms with Crippen molar-refractivity contribution in [3.05, 3.63) is 77.0 Å². The van der Waals surface area contributed by atoms with Gasteiger partial charge in [-0.1, -0.05) is 0 Å². The Bertz CT molecular complexity index is 1880. The standard InChI is InChI=1S/C25H22F2N8O3S/c1-39(37,38)34-8-6-33(7-9-34)16-2-3-21(29-13-16)31-25-30-14-18(27)24(32-25)15-10-17(26)23-19(11-15)35-5-4-28-22(35)12-20(23)36/h2-5,10-14,28H,6-9H2,1H3,(H,29,30,31,32). The lowest BCUT2D eigenvalue weighted by Gasteiger charge is -2.34. The Hall–Kier alpha value is -4.43. The highest BCUT2D eigenvalue weighted by atomic mass is 32.2. The zero-order valence-electron chi connectivity index (χ0n) is 20.6. The normalized spacial score (nSPS) is 14.8. The monoisotopic (exact) mass is 552 g/mol.